The van der Waals surface area contributed by atoms with Crippen molar-refractivity contribution in [1.82, 2.24) is 5.43 Å². The van der Waals surface area contributed by atoms with Crippen molar-refractivity contribution in [3.63, 3.8) is 0 Å². The molecule has 0 heterocycles. The molecular weight excluding hydrogens is 345 g/mol. The molecule has 0 spiro atoms. The summed E-state index contributed by atoms with van der Waals surface area (Å²) in [5.74, 6) is -0.192. The third-order valence-corrected chi connectivity index (χ3v) is 3.49. The van der Waals surface area contributed by atoms with Crippen LogP contribution >= 0.6 is 11.6 Å². The molecule has 8 heteroatoms. The van der Waals surface area contributed by atoms with Gasteiger partial charge in [0.2, 0.25) is 0 Å². The molecule has 4 nitrogen and oxygen atoms in total. The lowest BCUT2D eigenvalue weighted by atomic mass is 10.2. The van der Waals surface area contributed by atoms with Crippen LogP contribution in [0.25, 0.3) is 0 Å². The van der Waals surface area contributed by atoms with Crippen LogP contribution < -0.4 is 15.6 Å². The van der Waals surface area contributed by atoms with Gasteiger partial charge in [0.1, 0.15) is 5.75 Å². The standard InChI is InChI=1S/C16H14ClF3N2O2/c1-10-8-11(6-7-13(10)17)24-9-15(23)22-21-14-5-3-2-4-12(14)16(18,19)20/h2-8,21H,9H2,1H3,(H,22,23). The SMILES string of the molecule is Cc1cc(OCC(=O)NNc2ccccc2C(F)(F)F)ccc1Cl. The van der Waals surface area contributed by atoms with Crippen LogP contribution in [-0.4, -0.2) is 12.5 Å². The molecule has 0 unspecified atom stereocenters. The molecule has 128 valence electrons. The highest BCUT2D eigenvalue weighted by Gasteiger charge is 2.33. The predicted molar refractivity (Wildman–Crippen MR) is 84.9 cm³/mol. The maximum Gasteiger partial charge on any atom is 0.418 e. The first-order valence-electron chi connectivity index (χ1n) is 6.87. The number of anilines is 1. The topological polar surface area (TPSA) is 50.4 Å². The molecule has 0 aliphatic carbocycles. The van der Waals surface area contributed by atoms with E-state index in [0.717, 1.165) is 11.6 Å². The van der Waals surface area contributed by atoms with Crippen molar-refractivity contribution in [2.24, 2.45) is 0 Å². The molecule has 0 aliphatic heterocycles. The maximum absolute atomic E-state index is 12.8. The number of rotatable bonds is 5. The van der Waals surface area contributed by atoms with Crippen LogP contribution in [0, 0.1) is 6.92 Å². The summed E-state index contributed by atoms with van der Waals surface area (Å²) in [7, 11) is 0. The van der Waals surface area contributed by atoms with E-state index in [9.17, 15) is 18.0 Å². The molecule has 0 saturated heterocycles. The van der Waals surface area contributed by atoms with Crippen LogP contribution in [0.1, 0.15) is 11.1 Å². The van der Waals surface area contributed by atoms with Gasteiger partial charge in [-0.1, -0.05) is 23.7 Å². The minimum atomic E-state index is -4.52. The lowest BCUT2D eigenvalue weighted by Gasteiger charge is -2.15. The fraction of sp³-hybridized carbons (Fsp3) is 0.188. The molecule has 0 aliphatic rings. The molecular formula is C16H14ClF3N2O2. The smallest absolute Gasteiger partial charge is 0.418 e. The Morgan fingerprint density at radius 1 is 1.21 bits per heavy atom. The largest absolute Gasteiger partial charge is 0.484 e. The molecule has 0 bridgehead atoms. The molecule has 1 amide bonds. The zero-order valence-corrected chi connectivity index (χ0v) is 13.3. The van der Waals surface area contributed by atoms with Gasteiger partial charge in [0.05, 0.1) is 11.3 Å². The average Bonchev–Trinajstić information content (AvgIpc) is 2.53. The highest BCUT2D eigenvalue weighted by molar-refractivity contribution is 6.31. The maximum atomic E-state index is 12.8. The van der Waals surface area contributed by atoms with E-state index >= 15 is 0 Å². The molecule has 0 atom stereocenters. The number of alkyl halides is 3. The van der Waals surface area contributed by atoms with Crippen LogP contribution in [0.4, 0.5) is 18.9 Å². The lowest BCUT2D eigenvalue weighted by molar-refractivity contribution is -0.137. The third kappa shape index (κ3) is 4.79. The van der Waals surface area contributed by atoms with Crippen molar-refractivity contribution >= 4 is 23.2 Å². The van der Waals surface area contributed by atoms with Crippen molar-refractivity contribution < 1.29 is 22.7 Å². The number of halogens is 4. The summed E-state index contributed by atoms with van der Waals surface area (Å²) < 4.78 is 43.7. The van der Waals surface area contributed by atoms with Gasteiger partial charge in [0.15, 0.2) is 6.61 Å². The van der Waals surface area contributed by atoms with Gasteiger partial charge >= 0.3 is 6.18 Å². The number of carbonyl (C=O) groups excluding carboxylic acids is 1. The zero-order valence-electron chi connectivity index (χ0n) is 12.6. The van der Waals surface area contributed by atoms with Crippen molar-refractivity contribution in [2.45, 2.75) is 13.1 Å². The summed E-state index contributed by atoms with van der Waals surface area (Å²) in [5.41, 5.74) is 4.08. The summed E-state index contributed by atoms with van der Waals surface area (Å²) in [6.45, 7) is 1.42. The molecule has 2 N–H and O–H groups in total. The molecule has 2 aromatic carbocycles. The summed E-state index contributed by atoms with van der Waals surface area (Å²) >= 11 is 5.88. The second-order valence-electron chi connectivity index (χ2n) is 4.92. The van der Waals surface area contributed by atoms with Crippen LogP contribution in [0.15, 0.2) is 42.5 Å². The second kappa shape index (κ2) is 7.44. The number of carbonyl (C=O) groups is 1. The van der Waals surface area contributed by atoms with E-state index in [-0.39, 0.29) is 12.3 Å². The van der Waals surface area contributed by atoms with Gasteiger partial charge in [-0.2, -0.15) is 13.2 Å². The number of aryl methyl sites for hydroxylation is 1. The summed E-state index contributed by atoms with van der Waals surface area (Å²) in [6, 6.07) is 9.70. The molecule has 0 radical (unpaired) electrons. The van der Waals surface area contributed by atoms with Crippen molar-refractivity contribution in [3.8, 4) is 5.75 Å². The summed E-state index contributed by atoms with van der Waals surface area (Å²) in [5, 5.41) is 0.567. The van der Waals surface area contributed by atoms with Gasteiger partial charge in [0.25, 0.3) is 5.91 Å². The molecule has 0 fully saturated rings. The van der Waals surface area contributed by atoms with Crippen molar-refractivity contribution in [3.05, 3.63) is 58.6 Å². The molecule has 0 saturated carbocycles. The first kappa shape index (κ1) is 17.9. The van der Waals surface area contributed by atoms with E-state index in [4.69, 9.17) is 16.3 Å². The van der Waals surface area contributed by atoms with E-state index in [1.165, 1.54) is 18.2 Å². The fourth-order valence-corrected chi connectivity index (χ4v) is 1.99. The molecule has 2 aromatic rings. The Morgan fingerprint density at radius 3 is 2.58 bits per heavy atom. The highest BCUT2D eigenvalue weighted by atomic mass is 35.5. The summed E-state index contributed by atoms with van der Waals surface area (Å²) in [6.07, 6.45) is -4.52. The minimum Gasteiger partial charge on any atom is -0.484 e. The van der Waals surface area contributed by atoms with E-state index < -0.39 is 17.6 Å². The number of hydrogen-bond acceptors (Lipinski definition) is 3. The quantitative estimate of drug-likeness (QED) is 0.788. The number of para-hydroxylation sites is 1. The Balaban J connectivity index is 1.91. The Labute approximate surface area is 141 Å². The number of hydrazine groups is 1. The summed E-state index contributed by atoms with van der Waals surface area (Å²) in [4.78, 5) is 11.7. The van der Waals surface area contributed by atoms with E-state index in [1.54, 1.807) is 25.1 Å². The van der Waals surface area contributed by atoms with E-state index in [2.05, 4.69) is 10.9 Å². The number of benzene rings is 2. The average molecular weight is 359 g/mol. The number of hydrogen-bond donors (Lipinski definition) is 2. The first-order valence-corrected chi connectivity index (χ1v) is 7.25. The van der Waals surface area contributed by atoms with Gasteiger partial charge in [-0.25, -0.2) is 0 Å². The van der Waals surface area contributed by atoms with Gasteiger partial charge in [-0.15, -0.1) is 0 Å². The van der Waals surface area contributed by atoms with Crippen LogP contribution in [0.3, 0.4) is 0 Å². The molecule has 24 heavy (non-hydrogen) atoms. The van der Waals surface area contributed by atoms with Gasteiger partial charge in [-0.05, 0) is 42.8 Å². The first-order chi connectivity index (χ1) is 11.3. The van der Waals surface area contributed by atoms with Gasteiger partial charge in [-0.3, -0.25) is 15.6 Å². The highest BCUT2D eigenvalue weighted by Crippen LogP contribution is 2.34. The van der Waals surface area contributed by atoms with E-state index in [1.807, 2.05) is 0 Å². The van der Waals surface area contributed by atoms with Crippen LogP contribution in [0.5, 0.6) is 5.75 Å². The monoisotopic (exact) mass is 358 g/mol. The van der Waals surface area contributed by atoms with Crippen molar-refractivity contribution in [2.75, 3.05) is 12.0 Å². The normalized spacial score (nSPS) is 11.0. The van der Waals surface area contributed by atoms with Crippen LogP contribution in [-0.2, 0) is 11.0 Å². The second-order valence-corrected chi connectivity index (χ2v) is 5.32. The van der Waals surface area contributed by atoms with Gasteiger partial charge < -0.3 is 4.74 Å². The Kier molecular flexibility index (Phi) is 5.56. The molecule has 0 aromatic heterocycles. The molecule has 2 rings (SSSR count). The third-order valence-electron chi connectivity index (χ3n) is 3.07. The number of ether oxygens (including phenoxy) is 1. The van der Waals surface area contributed by atoms with Crippen LogP contribution in [0.2, 0.25) is 5.02 Å². The number of amides is 1. The van der Waals surface area contributed by atoms with E-state index in [0.29, 0.717) is 10.8 Å². The minimum absolute atomic E-state index is 0.249. The fourth-order valence-electron chi connectivity index (χ4n) is 1.87. The van der Waals surface area contributed by atoms with Crippen molar-refractivity contribution in [1.29, 1.82) is 0 Å². The Hall–Kier alpha value is -2.41. The Morgan fingerprint density at radius 2 is 1.92 bits per heavy atom. The zero-order chi connectivity index (χ0) is 17.7. The number of nitrogens with one attached hydrogen (secondary N) is 2. The predicted octanol–water partition coefficient (Wildman–Crippen LogP) is 4.19. The van der Waals surface area contributed by atoms with Gasteiger partial charge in [0, 0.05) is 5.02 Å². The lowest BCUT2D eigenvalue weighted by Crippen LogP contribution is -2.34. The Bertz CT molecular complexity index is 736.